The molecule has 2 bridgehead atoms. The molecule has 3 amide bonds. The van der Waals surface area contributed by atoms with Crippen LogP contribution in [0.2, 0.25) is 5.02 Å². The first-order valence-electron chi connectivity index (χ1n) is 15.4. The molecular weight excluding hydrogens is 658 g/mol. The molecule has 45 heavy (non-hydrogen) atoms. The molecule has 1 N–H and O–H groups in total. The highest BCUT2D eigenvalue weighted by Gasteiger charge is 2.77. The Kier molecular flexibility index (Phi) is 9.94. The fraction of sp³-hybridized carbons (Fsp3) is 0.457. The molecule has 5 rings (SSSR count). The van der Waals surface area contributed by atoms with E-state index in [9.17, 15) is 19.5 Å². The van der Waals surface area contributed by atoms with Crippen molar-refractivity contribution in [1.29, 1.82) is 0 Å². The smallest absolute Gasteiger partial charge is 0.253 e. The van der Waals surface area contributed by atoms with E-state index in [0.29, 0.717) is 23.7 Å². The van der Waals surface area contributed by atoms with Crippen LogP contribution in [-0.4, -0.2) is 80.9 Å². The van der Waals surface area contributed by atoms with E-state index in [1.807, 2.05) is 63.2 Å². The molecule has 10 heteroatoms. The largest absolute Gasteiger partial charge is 0.394 e. The van der Waals surface area contributed by atoms with Crippen molar-refractivity contribution in [3.8, 4) is 0 Å². The lowest BCUT2D eigenvalue weighted by atomic mass is 9.70. The maximum absolute atomic E-state index is 15.0. The van der Waals surface area contributed by atoms with Crippen LogP contribution in [0.1, 0.15) is 31.4 Å². The number of fused-ring (bicyclic) bond motifs is 1. The lowest BCUT2D eigenvalue weighted by molar-refractivity contribution is -0.148. The molecule has 7 atom stereocenters. The molecule has 2 aromatic rings. The van der Waals surface area contributed by atoms with Crippen molar-refractivity contribution in [3.63, 3.8) is 0 Å². The van der Waals surface area contributed by atoms with Crippen molar-refractivity contribution < 1.29 is 24.2 Å². The number of alkyl halides is 1. The molecule has 3 aliphatic rings. The summed E-state index contributed by atoms with van der Waals surface area (Å²) in [5.41, 5.74) is 0.965. The SMILES string of the molecule is C=CCN(Cc1ccccc1)C(=O)[C@H]1[C@H]2C(=O)N([C@@H](CO)C(C)C)C(C(=O)N(CC=C)c3c(C)cccc3Cl)C23CC(Br)[C@@H]1O3. The predicted octanol–water partition coefficient (Wildman–Crippen LogP) is 5.15. The number of benzene rings is 2. The molecule has 3 heterocycles. The second-order valence-electron chi connectivity index (χ2n) is 12.5. The molecule has 0 saturated carbocycles. The number of aliphatic hydroxyl groups is 1. The molecule has 2 aromatic carbocycles. The van der Waals surface area contributed by atoms with E-state index < -0.39 is 35.6 Å². The van der Waals surface area contributed by atoms with Gasteiger partial charge in [0.15, 0.2) is 0 Å². The summed E-state index contributed by atoms with van der Waals surface area (Å²) >= 11 is 10.4. The number of rotatable bonds is 12. The lowest BCUT2D eigenvalue weighted by Gasteiger charge is -2.40. The number of halogens is 2. The van der Waals surface area contributed by atoms with E-state index in [1.165, 1.54) is 4.90 Å². The number of carbonyl (C=O) groups excluding carboxylic acids is 3. The standard InChI is InChI=1S/C35H41BrClN3O5/c1-6-16-38(19-23-13-9-8-10-14-23)32(42)27-28-33(43)40(26(20-41)21(3)4)31(35(28)18-24(36)30(27)45-35)34(44)39(17-7-2)29-22(5)12-11-15-25(29)37/h6-15,21,24,26-28,30-31,41H,1-2,16-20H2,3-5H3/t24?,26-,27-,28-,30-,31?,35?/m0/s1. The zero-order chi connectivity index (χ0) is 32.6. The normalized spacial score (nSPS) is 27.4. The highest BCUT2D eigenvalue weighted by molar-refractivity contribution is 9.09. The van der Waals surface area contributed by atoms with Gasteiger partial charge in [-0.3, -0.25) is 14.4 Å². The van der Waals surface area contributed by atoms with Gasteiger partial charge in [-0.1, -0.05) is 96.0 Å². The minimum absolute atomic E-state index is 0.141. The number of hydrogen-bond donors (Lipinski definition) is 1. The number of amides is 3. The highest BCUT2D eigenvalue weighted by atomic mass is 79.9. The minimum Gasteiger partial charge on any atom is -0.394 e. The van der Waals surface area contributed by atoms with Gasteiger partial charge in [0.25, 0.3) is 5.91 Å². The minimum atomic E-state index is -1.29. The Hall–Kier alpha value is -2.98. The third-order valence-corrected chi connectivity index (χ3v) is 10.6. The maximum atomic E-state index is 15.0. The van der Waals surface area contributed by atoms with Crippen LogP contribution in [0.15, 0.2) is 73.8 Å². The number of carbonyl (C=O) groups is 3. The van der Waals surface area contributed by atoms with E-state index >= 15 is 0 Å². The highest BCUT2D eigenvalue weighted by Crippen LogP contribution is 2.61. The molecule has 3 fully saturated rings. The number of ether oxygens (including phenoxy) is 1. The third kappa shape index (κ3) is 5.66. The summed E-state index contributed by atoms with van der Waals surface area (Å²) in [6, 6.07) is 13.3. The first-order valence-corrected chi connectivity index (χ1v) is 16.7. The van der Waals surface area contributed by atoms with E-state index in [2.05, 4.69) is 29.1 Å². The number of nitrogens with zero attached hydrogens (tertiary/aromatic N) is 3. The van der Waals surface area contributed by atoms with Gasteiger partial charge in [0.1, 0.15) is 11.6 Å². The average molecular weight is 699 g/mol. The summed E-state index contributed by atoms with van der Waals surface area (Å²) in [5, 5.41) is 11.0. The lowest BCUT2D eigenvalue weighted by Crippen LogP contribution is -2.60. The molecule has 3 aliphatic heterocycles. The number of likely N-dealkylation sites (tertiary alicyclic amines) is 1. The van der Waals surface area contributed by atoms with Gasteiger partial charge in [0.2, 0.25) is 11.8 Å². The molecule has 240 valence electrons. The molecule has 3 saturated heterocycles. The first kappa shape index (κ1) is 33.4. The van der Waals surface area contributed by atoms with Gasteiger partial charge in [0, 0.05) is 24.5 Å². The van der Waals surface area contributed by atoms with Crippen LogP contribution >= 0.6 is 27.5 Å². The molecule has 3 unspecified atom stereocenters. The van der Waals surface area contributed by atoms with Crippen molar-refractivity contribution in [2.24, 2.45) is 17.8 Å². The van der Waals surface area contributed by atoms with Crippen molar-refractivity contribution in [2.45, 2.75) is 62.4 Å². The zero-order valence-electron chi connectivity index (χ0n) is 25.9. The van der Waals surface area contributed by atoms with Gasteiger partial charge in [-0.05, 0) is 36.5 Å². The van der Waals surface area contributed by atoms with Crippen LogP contribution in [-0.2, 0) is 25.7 Å². The van der Waals surface area contributed by atoms with Crippen LogP contribution in [0.5, 0.6) is 0 Å². The molecule has 8 nitrogen and oxygen atoms in total. The number of hydrogen-bond acceptors (Lipinski definition) is 5. The fourth-order valence-corrected chi connectivity index (χ4v) is 8.81. The van der Waals surface area contributed by atoms with E-state index in [0.717, 1.165) is 11.1 Å². The summed E-state index contributed by atoms with van der Waals surface area (Å²) in [7, 11) is 0. The molecular formula is C35H41BrClN3O5. The molecule has 1 spiro atoms. The van der Waals surface area contributed by atoms with Gasteiger partial charge in [-0.2, -0.15) is 0 Å². The summed E-state index contributed by atoms with van der Waals surface area (Å²) in [6.07, 6.45) is 3.02. The van der Waals surface area contributed by atoms with Crippen LogP contribution < -0.4 is 4.90 Å². The second kappa shape index (κ2) is 13.4. The topological polar surface area (TPSA) is 90.4 Å². The zero-order valence-corrected chi connectivity index (χ0v) is 28.3. The Labute approximate surface area is 278 Å². The van der Waals surface area contributed by atoms with Gasteiger partial charge >= 0.3 is 0 Å². The Morgan fingerprint density at radius 2 is 1.82 bits per heavy atom. The first-order chi connectivity index (χ1) is 21.5. The van der Waals surface area contributed by atoms with Crippen molar-refractivity contribution >= 4 is 50.9 Å². The summed E-state index contributed by atoms with van der Waals surface area (Å²) in [5.74, 6) is -2.89. The predicted molar refractivity (Wildman–Crippen MR) is 179 cm³/mol. The Morgan fingerprint density at radius 3 is 2.42 bits per heavy atom. The van der Waals surface area contributed by atoms with Crippen LogP contribution in [0, 0.1) is 24.7 Å². The Morgan fingerprint density at radius 1 is 1.13 bits per heavy atom. The van der Waals surface area contributed by atoms with Crippen LogP contribution in [0.4, 0.5) is 5.69 Å². The number of anilines is 1. The quantitative estimate of drug-likeness (QED) is 0.245. The van der Waals surface area contributed by atoms with Gasteiger partial charge in [0.05, 0.1) is 41.3 Å². The van der Waals surface area contributed by atoms with Crippen molar-refractivity contribution in [2.75, 3.05) is 24.6 Å². The number of para-hydroxylation sites is 1. The molecule has 0 aliphatic carbocycles. The second-order valence-corrected chi connectivity index (χ2v) is 14.1. The van der Waals surface area contributed by atoms with Crippen molar-refractivity contribution in [1.82, 2.24) is 9.80 Å². The van der Waals surface area contributed by atoms with E-state index in [4.69, 9.17) is 16.3 Å². The maximum Gasteiger partial charge on any atom is 0.253 e. The summed E-state index contributed by atoms with van der Waals surface area (Å²) < 4.78 is 6.77. The number of aliphatic hydroxyl groups excluding tert-OH is 1. The molecule has 0 aromatic heterocycles. The van der Waals surface area contributed by atoms with Gasteiger partial charge < -0.3 is 24.5 Å². The summed E-state index contributed by atoms with van der Waals surface area (Å²) in [6.45, 7) is 13.8. The Balaban J connectivity index is 1.62. The fourth-order valence-electron chi connectivity index (χ4n) is 7.54. The monoisotopic (exact) mass is 697 g/mol. The van der Waals surface area contributed by atoms with Crippen molar-refractivity contribution in [3.05, 3.63) is 90.0 Å². The molecule has 0 radical (unpaired) electrons. The average Bonchev–Trinajstić information content (AvgIpc) is 3.60. The van der Waals surface area contributed by atoms with Crippen LogP contribution in [0.25, 0.3) is 0 Å². The van der Waals surface area contributed by atoms with E-state index in [1.54, 1.807) is 28.0 Å². The third-order valence-electron chi connectivity index (χ3n) is 9.47. The van der Waals surface area contributed by atoms with Crippen LogP contribution in [0.3, 0.4) is 0 Å². The van der Waals surface area contributed by atoms with Gasteiger partial charge in [-0.25, -0.2) is 0 Å². The number of aryl methyl sites for hydroxylation is 1. The van der Waals surface area contributed by atoms with E-state index in [-0.39, 0.29) is 48.2 Å². The Bertz CT molecular complexity index is 1450. The van der Waals surface area contributed by atoms with Gasteiger partial charge in [-0.15, -0.1) is 13.2 Å². The summed E-state index contributed by atoms with van der Waals surface area (Å²) in [4.78, 5) is 48.7.